The first-order valence-corrected chi connectivity index (χ1v) is 28.3. The summed E-state index contributed by atoms with van der Waals surface area (Å²) in [7, 11) is 5.31. The number of methoxy groups -OCH3 is 4. The van der Waals surface area contributed by atoms with Gasteiger partial charge in [-0.05, 0) is 47.1 Å². The van der Waals surface area contributed by atoms with Crippen molar-refractivity contribution in [2.45, 2.75) is 116 Å². The van der Waals surface area contributed by atoms with E-state index < -0.39 is 77.8 Å². The second-order valence-electron chi connectivity index (χ2n) is 19.4. The number of alkyl carbamates (subject to hydrolysis) is 2. The van der Waals surface area contributed by atoms with Crippen LogP contribution in [0, 0.1) is 11.8 Å². The van der Waals surface area contributed by atoms with Crippen molar-refractivity contribution < 1.29 is 167 Å². The summed E-state index contributed by atoms with van der Waals surface area (Å²) in [4.78, 5) is 129. The zero-order chi connectivity index (χ0) is 66.9. The summed E-state index contributed by atoms with van der Waals surface area (Å²) in [5.74, 6) is -4.26. The Morgan fingerprint density at radius 3 is 1.36 bits per heavy atom. The number of amides is 5. The van der Waals surface area contributed by atoms with E-state index in [9.17, 15) is 52.7 Å². The van der Waals surface area contributed by atoms with E-state index in [1.54, 1.807) is 55.4 Å². The standard InChI is InChI=1S/C12H20N2O6.C12H15NO3.C8H13NO4.C7H11NO4.C7H13NO4.C5H9NO3.CH4I.CN.B.Na/c1-12(2,3)20-11(17)13-5-9(15)14-7-19-6-8(14)10(16)18-4;1-15-12(14)11-8-16-9-13(11)7-10-5-3-2-4-6-10;1-3-7(10)9-5-13-4-6(9)8(11)12-2;1-2-6(9)8-4-12-3-5(8)7(10)11;1-7(2,3)12-6(11)8-4-5(9)10;1-8-5(7)4-2-9-3-6-4;2*1-2;;/h8H,5-7H2,1-4H3,(H,13,17);2-6,11H,7-9H2,1H3;6H,3-5H2,1-2H3;5H,2-4H2,1H3,(H,10,11);4H2,1-3H3,(H,8,11)(H,9,10);4,6H,2-3H2,1H3;2H,1H3;;;/q;;;;;;2*-1;;+1/i;;;;;;2D;;;. The molecule has 1 aromatic carbocycles. The minimum absolute atomic E-state index is 0. The van der Waals surface area contributed by atoms with Gasteiger partial charge < -0.3 is 99.5 Å². The number of alkyl halides is 1. The predicted octanol–water partition coefficient (Wildman–Crippen LogP) is -6.37. The molecule has 0 bridgehead atoms. The monoisotopic (exact) mass is 1380 g/mol. The number of aliphatic carboxylic acids is 2. The maximum atomic E-state index is 11.9. The van der Waals surface area contributed by atoms with Crippen LogP contribution in [0.5, 0.6) is 0 Å². The largest absolute Gasteiger partial charge is 1.00 e. The maximum Gasteiger partial charge on any atom is 1.00 e. The molecule has 0 aliphatic carbocycles. The van der Waals surface area contributed by atoms with Gasteiger partial charge >= 0.3 is 105 Å². The molecule has 35 heteroatoms. The van der Waals surface area contributed by atoms with Crippen LogP contribution in [-0.2, 0) is 102 Å². The van der Waals surface area contributed by atoms with Crippen molar-refractivity contribution in [3.8, 4) is 0 Å². The molecule has 5 aliphatic rings. The Morgan fingerprint density at radius 2 is 0.989 bits per heavy atom. The number of carboxylic acids is 2. The second kappa shape index (κ2) is 48.9. The Balaban J connectivity index is -0.000000484. The number of nitrogens with one attached hydrogen (secondary N) is 3. The second-order valence-corrected chi connectivity index (χ2v) is 19.4. The summed E-state index contributed by atoms with van der Waals surface area (Å²) < 4.78 is 59.5. The zero-order valence-electron chi connectivity index (χ0n) is 53.4. The third-order valence-corrected chi connectivity index (χ3v) is 10.9. The quantitative estimate of drug-likeness (QED) is 0.0306. The van der Waals surface area contributed by atoms with Gasteiger partial charge in [-0.15, -0.1) is 0 Å². The molecule has 88 heavy (non-hydrogen) atoms. The fourth-order valence-corrected chi connectivity index (χ4v) is 6.86. The molecule has 5 saturated heterocycles. The Bertz CT molecular complexity index is 2300. The molecular formula is C53H85BIN8NaO24-. The zero-order valence-corrected chi connectivity index (χ0v) is 56.6. The molecule has 5 aliphatic heterocycles. The average molecular weight is 1380 g/mol. The van der Waals surface area contributed by atoms with Gasteiger partial charge in [0.2, 0.25) is 17.7 Å². The van der Waals surface area contributed by atoms with Crippen molar-refractivity contribution in [3.63, 3.8) is 0 Å². The van der Waals surface area contributed by atoms with Crippen LogP contribution >= 0.6 is 0 Å². The number of rotatable bonds is 13. The average Bonchev–Trinajstić information content (AvgIpc) is 4.39. The van der Waals surface area contributed by atoms with Crippen LogP contribution < -0.4 is 67.9 Å². The molecule has 5 amide bonds. The maximum absolute atomic E-state index is 11.9. The van der Waals surface area contributed by atoms with Gasteiger partial charge in [-0.3, -0.25) is 39.0 Å². The van der Waals surface area contributed by atoms with E-state index >= 15 is 0 Å². The van der Waals surface area contributed by atoms with Gasteiger partial charge in [-0.1, -0.05) is 44.2 Å². The van der Waals surface area contributed by atoms with E-state index in [1.165, 1.54) is 48.7 Å². The fraction of sp³-hybridized carbons (Fsp3) is 0.660. The summed E-state index contributed by atoms with van der Waals surface area (Å²) in [5.41, 5.74) is -0.0667. The molecule has 32 nitrogen and oxygen atoms in total. The van der Waals surface area contributed by atoms with E-state index in [1.807, 2.05) is 40.2 Å². The van der Waals surface area contributed by atoms with E-state index in [4.69, 9.17) is 60.5 Å². The Labute approximate surface area is 551 Å². The Morgan fingerprint density at radius 1 is 0.614 bits per heavy atom. The van der Waals surface area contributed by atoms with Gasteiger partial charge in [0, 0.05) is 27.8 Å². The third kappa shape index (κ3) is 36.5. The number of esters is 4. The number of hydrogen-bond donors (Lipinski definition) is 5. The number of carbonyl (C=O) groups excluding carboxylic acids is 9. The first-order chi connectivity index (χ1) is 41.0. The number of benzene rings is 1. The Hall–Kier alpha value is -6.01. The molecule has 5 unspecified atom stereocenters. The molecule has 3 radical (unpaired) electrons. The first-order valence-electron chi connectivity index (χ1n) is 26.5. The van der Waals surface area contributed by atoms with E-state index in [2.05, 4.69) is 30.2 Å². The van der Waals surface area contributed by atoms with Crippen molar-refractivity contribution in [2.24, 2.45) is 0 Å². The summed E-state index contributed by atoms with van der Waals surface area (Å²) in [5, 5.41) is 30.3. The molecule has 6 rings (SSSR count). The van der Waals surface area contributed by atoms with Gasteiger partial charge in [0.15, 0.2) is 18.1 Å². The molecular weight excluding hydrogens is 1290 g/mol. The summed E-state index contributed by atoms with van der Waals surface area (Å²) in [6.45, 7) is 20.9. The molecule has 1 aromatic rings. The van der Waals surface area contributed by atoms with Crippen LogP contribution in [0.2, 0.25) is 0 Å². The first kappa shape index (κ1) is 86.2. The number of nitrogens with zero attached hydrogens (tertiary/aromatic N) is 5. The molecule has 5 fully saturated rings. The van der Waals surface area contributed by atoms with Crippen LogP contribution in [0.4, 0.5) is 9.59 Å². The number of carbonyl (C=O) groups is 11. The smallest absolute Gasteiger partial charge is 0.512 e. The number of halogens is 1. The molecule has 5 N–H and O–H groups in total. The molecule has 5 atom stereocenters. The summed E-state index contributed by atoms with van der Waals surface area (Å²) >= 11 is -0.160. The van der Waals surface area contributed by atoms with Crippen molar-refractivity contribution >= 4 is 74.1 Å². The van der Waals surface area contributed by atoms with E-state index in [-0.39, 0.29) is 143 Å². The van der Waals surface area contributed by atoms with Crippen molar-refractivity contribution in [1.29, 1.82) is 5.86 Å². The molecule has 0 saturated carbocycles. The molecule has 5 heterocycles. The van der Waals surface area contributed by atoms with Gasteiger partial charge in [0.1, 0.15) is 63.3 Å². The fourth-order valence-electron chi connectivity index (χ4n) is 6.86. The van der Waals surface area contributed by atoms with Crippen LogP contribution in [0.3, 0.4) is 0 Å². The number of carboxylic acid groups (broad SMARTS) is 2. The van der Waals surface area contributed by atoms with Crippen molar-refractivity contribution in [3.05, 3.63) is 42.5 Å². The van der Waals surface area contributed by atoms with Gasteiger partial charge in [-0.25, -0.2) is 24.0 Å². The van der Waals surface area contributed by atoms with Crippen molar-refractivity contribution in [1.82, 2.24) is 35.6 Å². The minimum Gasteiger partial charge on any atom is -0.512 e. The normalized spacial score (nSPS) is 18.7. The van der Waals surface area contributed by atoms with Crippen LogP contribution in [0.25, 0.3) is 0 Å². The van der Waals surface area contributed by atoms with Crippen LogP contribution in [0.1, 0.15) is 73.8 Å². The van der Waals surface area contributed by atoms with Crippen LogP contribution in [0.15, 0.2) is 30.3 Å². The van der Waals surface area contributed by atoms with Gasteiger partial charge in [-0.2, -0.15) is 0 Å². The molecule has 0 aromatic heterocycles. The van der Waals surface area contributed by atoms with E-state index in [0.717, 1.165) is 0 Å². The predicted molar refractivity (Wildman–Crippen MR) is 299 cm³/mol. The molecule has 0 spiro atoms. The Kier molecular flexibility index (Phi) is 47.9. The van der Waals surface area contributed by atoms with E-state index in [0.29, 0.717) is 46.1 Å². The topological polar surface area (TPSA) is 403 Å². The van der Waals surface area contributed by atoms with Gasteiger partial charge in [0.05, 0.1) is 68.2 Å². The van der Waals surface area contributed by atoms with Crippen molar-refractivity contribution in [2.75, 3.05) is 113 Å². The number of ether oxygens (including phenoxy) is 11. The van der Waals surface area contributed by atoms with Gasteiger partial charge in [0.25, 0.3) is 0 Å². The third-order valence-electron chi connectivity index (χ3n) is 10.9. The number of hydrogen-bond acceptors (Lipinski definition) is 25. The SMILES string of the molecule is CC(C)(C)OC(=O)NCC(=O)O.CCC(=O)N1COCC1C(=O)O.CCC(=O)N1COCC1C(=O)OC.COC(=O)C1COCN1.COC(=O)C1COCN1C(=O)CNC(=O)OC(C)(C)C.COC(=O)C1COCN1Cc1ccccc1.[2H][I-]C.[B].[C-]#N.[Na+]. The summed E-state index contributed by atoms with van der Waals surface area (Å²) in [6.07, 6.45) is -0.727. The summed E-state index contributed by atoms with van der Waals surface area (Å²) in [6, 6.07) is 7.36. The molecule has 493 valence electrons. The van der Waals surface area contributed by atoms with Crippen LogP contribution in [-0.4, -0.2) is 259 Å². The minimum atomic E-state index is -1.10.